The van der Waals surface area contributed by atoms with E-state index in [1.54, 1.807) is 39.3 Å². The third-order valence-corrected chi connectivity index (χ3v) is 9.85. The van der Waals surface area contributed by atoms with Crippen molar-refractivity contribution in [2.75, 3.05) is 44.8 Å². The van der Waals surface area contributed by atoms with Crippen molar-refractivity contribution >= 4 is 34.7 Å². The highest BCUT2D eigenvalue weighted by molar-refractivity contribution is 7.11. The van der Waals surface area contributed by atoms with E-state index < -0.39 is 29.5 Å². The molecule has 46 heavy (non-hydrogen) atoms. The quantitative estimate of drug-likeness (QED) is 0.393. The Balaban J connectivity index is 1.33. The lowest BCUT2D eigenvalue weighted by atomic mass is 9.84. The van der Waals surface area contributed by atoms with Gasteiger partial charge in [0.25, 0.3) is 5.91 Å². The molecule has 0 bridgehead atoms. The van der Waals surface area contributed by atoms with E-state index in [1.165, 1.54) is 22.3 Å². The predicted molar refractivity (Wildman–Crippen MR) is 173 cm³/mol. The largest absolute Gasteiger partial charge is 0.496 e. The van der Waals surface area contributed by atoms with Gasteiger partial charge in [-0.05, 0) is 68.2 Å². The smallest absolute Gasteiger partial charge is 0.338 e. The molecule has 2 saturated heterocycles. The number of ether oxygens (including phenoxy) is 2. The standard InChI is InChI=1S/C34H37F2N5O4S/c1-5-45-32(42)28-26(38-30(31-37-13-15-46-31)39-29(28)24-8-6-7-9-25(35)21(24)3)19-40-14-12-34(36)22(17-40)18-41(33(34)43)23-10-11-27(44-4)20(2)16-23/h6,8-11,13,15-16,22,29H,5,7,12,14,17-19H2,1-4H3,(H,38,39)/t22?,29-,34?/m0/s1. The Bertz CT molecular complexity index is 1700. The number of alkyl halides is 1. The van der Waals surface area contributed by atoms with Crippen LogP contribution >= 0.6 is 11.3 Å². The molecule has 1 aromatic carbocycles. The summed E-state index contributed by atoms with van der Waals surface area (Å²) in [6.45, 7) is 6.50. The lowest BCUT2D eigenvalue weighted by Gasteiger charge is -2.38. The number of esters is 1. The molecule has 6 rings (SSSR count). The van der Waals surface area contributed by atoms with Crippen LogP contribution in [0.15, 0.2) is 81.2 Å². The first kappa shape index (κ1) is 31.8. The molecule has 9 nitrogen and oxygen atoms in total. The van der Waals surface area contributed by atoms with E-state index in [4.69, 9.17) is 14.5 Å². The molecule has 2 unspecified atom stereocenters. The first-order valence-corrected chi connectivity index (χ1v) is 16.3. The maximum absolute atomic E-state index is 16.4. The molecule has 1 aromatic heterocycles. The number of nitrogens with one attached hydrogen (secondary N) is 1. The van der Waals surface area contributed by atoms with Gasteiger partial charge in [-0.25, -0.2) is 18.6 Å². The number of halogens is 2. The Morgan fingerprint density at radius 3 is 2.80 bits per heavy atom. The minimum atomic E-state index is -1.99. The van der Waals surface area contributed by atoms with E-state index in [2.05, 4.69) is 10.3 Å². The maximum Gasteiger partial charge on any atom is 0.338 e. The van der Waals surface area contributed by atoms with Crippen molar-refractivity contribution in [2.45, 2.75) is 45.3 Å². The van der Waals surface area contributed by atoms with E-state index >= 15 is 8.78 Å². The fraction of sp³-hybridized carbons (Fsp3) is 0.412. The Morgan fingerprint density at radius 1 is 1.26 bits per heavy atom. The van der Waals surface area contributed by atoms with Crippen LogP contribution in [0.5, 0.6) is 5.75 Å². The predicted octanol–water partition coefficient (Wildman–Crippen LogP) is 5.20. The first-order chi connectivity index (χ1) is 22.1. The van der Waals surface area contributed by atoms with Gasteiger partial charge >= 0.3 is 5.97 Å². The molecule has 3 atom stereocenters. The highest BCUT2D eigenvalue weighted by Gasteiger charge is 2.57. The van der Waals surface area contributed by atoms with Crippen molar-refractivity contribution in [3.8, 4) is 5.75 Å². The second kappa shape index (κ2) is 12.9. The number of hydrogen-bond donors (Lipinski definition) is 1. The number of methoxy groups -OCH3 is 1. The number of amidine groups is 1. The molecule has 0 saturated carbocycles. The molecular formula is C34H37F2N5O4S. The van der Waals surface area contributed by atoms with Gasteiger partial charge in [0.2, 0.25) is 0 Å². The third-order valence-electron chi connectivity index (χ3n) is 9.07. The molecule has 0 spiro atoms. The number of carbonyl (C=O) groups is 2. The molecule has 4 aliphatic rings. The summed E-state index contributed by atoms with van der Waals surface area (Å²) in [6.07, 6.45) is 7.25. The summed E-state index contributed by atoms with van der Waals surface area (Å²) in [5, 5.41) is 5.78. The van der Waals surface area contributed by atoms with Crippen molar-refractivity contribution in [2.24, 2.45) is 10.9 Å². The van der Waals surface area contributed by atoms with Gasteiger partial charge in [0.1, 0.15) is 17.6 Å². The SMILES string of the molecule is CCOC(=O)C1=C(CN2CCC3(F)C(=O)N(c4ccc(OC)c(C)c4)CC3C2)NC(c2nccs2)=N[C@H]1C1=C(C)C(F)=CCC=C1. The minimum Gasteiger partial charge on any atom is -0.496 e. The van der Waals surface area contributed by atoms with Crippen LogP contribution in [0.25, 0.3) is 0 Å². The van der Waals surface area contributed by atoms with Gasteiger partial charge in [-0.1, -0.05) is 12.2 Å². The number of hydrogen-bond acceptors (Lipinski definition) is 9. The zero-order chi connectivity index (χ0) is 32.6. The summed E-state index contributed by atoms with van der Waals surface area (Å²) in [6, 6.07) is 4.55. The average Bonchev–Trinajstić information content (AvgIpc) is 3.63. The van der Waals surface area contributed by atoms with Crippen molar-refractivity contribution in [3.05, 3.63) is 86.8 Å². The molecule has 1 N–H and O–H groups in total. The average molecular weight is 650 g/mol. The highest BCUT2D eigenvalue weighted by Crippen LogP contribution is 2.42. The van der Waals surface area contributed by atoms with Crippen LogP contribution in [0, 0.1) is 12.8 Å². The Kier molecular flexibility index (Phi) is 8.93. The fourth-order valence-corrected chi connectivity index (χ4v) is 7.21. The number of carbonyl (C=O) groups excluding carboxylic acids is 2. The Labute approximate surface area is 271 Å². The molecule has 242 valence electrons. The zero-order valence-electron chi connectivity index (χ0n) is 26.3. The van der Waals surface area contributed by atoms with Crippen LogP contribution in [0.3, 0.4) is 0 Å². The van der Waals surface area contributed by atoms with E-state index in [9.17, 15) is 9.59 Å². The number of benzene rings is 1. The molecule has 4 heterocycles. The number of allylic oxidation sites excluding steroid dienone is 4. The van der Waals surface area contributed by atoms with E-state index in [0.717, 1.165) is 5.56 Å². The van der Waals surface area contributed by atoms with E-state index in [-0.39, 0.29) is 37.5 Å². The van der Waals surface area contributed by atoms with Crippen molar-refractivity contribution < 1.29 is 27.8 Å². The first-order valence-electron chi connectivity index (χ1n) is 15.4. The second-order valence-electron chi connectivity index (χ2n) is 11.8. The summed E-state index contributed by atoms with van der Waals surface area (Å²) in [5.41, 5.74) is 1.25. The third kappa shape index (κ3) is 5.79. The second-order valence-corrected chi connectivity index (χ2v) is 12.7. The summed E-state index contributed by atoms with van der Waals surface area (Å²) < 4.78 is 42.4. The number of anilines is 1. The number of aliphatic imine (C=N–C) groups is 1. The fourth-order valence-electron chi connectivity index (χ4n) is 6.63. The molecule has 12 heteroatoms. The van der Waals surface area contributed by atoms with Crippen LogP contribution in [0.4, 0.5) is 14.5 Å². The number of amides is 1. The van der Waals surface area contributed by atoms with Gasteiger partial charge in [-0.15, -0.1) is 11.3 Å². The number of nitrogens with zero attached hydrogens (tertiary/aromatic N) is 4. The van der Waals surface area contributed by atoms with Gasteiger partial charge in [0, 0.05) is 61.5 Å². The monoisotopic (exact) mass is 649 g/mol. The minimum absolute atomic E-state index is 0.0179. The van der Waals surface area contributed by atoms with Crippen molar-refractivity contribution in [1.29, 1.82) is 0 Å². The van der Waals surface area contributed by atoms with Crippen molar-refractivity contribution in [3.63, 3.8) is 0 Å². The number of thiazole rings is 1. The van der Waals surface area contributed by atoms with Crippen LogP contribution in [0.2, 0.25) is 0 Å². The van der Waals surface area contributed by atoms with Gasteiger partial charge in [0.05, 0.1) is 19.3 Å². The van der Waals surface area contributed by atoms with Crippen LogP contribution < -0.4 is 15.0 Å². The zero-order valence-corrected chi connectivity index (χ0v) is 27.1. The van der Waals surface area contributed by atoms with Gasteiger partial charge < -0.3 is 19.7 Å². The summed E-state index contributed by atoms with van der Waals surface area (Å²) in [5.74, 6) is -0.884. The maximum atomic E-state index is 16.4. The Morgan fingerprint density at radius 2 is 2.09 bits per heavy atom. The van der Waals surface area contributed by atoms with Crippen LogP contribution in [-0.4, -0.2) is 79.2 Å². The lowest BCUT2D eigenvalue weighted by Crippen LogP contribution is -2.52. The molecule has 3 aliphatic heterocycles. The van der Waals surface area contributed by atoms with Gasteiger partial charge in [0.15, 0.2) is 16.5 Å². The molecule has 1 amide bonds. The van der Waals surface area contributed by atoms with Crippen molar-refractivity contribution in [1.82, 2.24) is 15.2 Å². The number of aromatic nitrogens is 1. The summed E-state index contributed by atoms with van der Waals surface area (Å²) in [7, 11) is 1.58. The van der Waals surface area contributed by atoms with E-state index in [0.29, 0.717) is 58.6 Å². The molecule has 1 aliphatic carbocycles. The van der Waals surface area contributed by atoms with E-state index in [1.807, 2.05) is 35.4 Å². The van der Waals surface area contributed by atoms with Gasteiger partial charge in [-0.2, -0.15) is 0 Å². The normalized spacial score (nSPS) is 25.2. The molecule has 2 fully saturated rings. The molecule has 2 aromatic rings. The molecule has 0 radical (unpaired) electrons. The number of piperidine rings is 1. The lowest BCUT2D eigenvalue weighted by molar-refractivity contribution is -0.138. The topological polar surface area (TPSA) is 96.4 Å². The Hall–Kier alpha value is -4.16. The van der Waals surface area contributed by atoms with Crippen LogP contribution in [-0.2, 0) is 14.3 Å². The van der Waals surface area contributed by atoms with Gasteiger partial charge in [-0.3, -0.25) is 14.7 Å². The number of fused-ring (bicyclic) bond motifs is 1. The molecular weight excluding hydrogens is 612 g/mol. The summed E-state index contributed by atoms with van der Waals surface area (Å²) in [4.78, 5) is 40.0. The number of aryl methyl sites for hydroxylation is 1. The summed E-state index contributed by atoms with van der Waals surface area (Å²) >= 11 is 1.39. The number of rotatable bonds is 8. The number of likely N-dealkylation sites (tertiary alicyclic amines) is 1. The van der Waals surface area contributed by atoms with Crippen LogP contribution in [0.1, 0.15) is 37.3 Å². The highest BCUT2D eigenvalue weighted by atomic mass is 32.1.